The van der Waals surface area contributed by atoms with Crippen molar-refractivity contribution in [3.63, 3.8) is 0 Å². The third kappa shape index (κ3) is 4.66. The quantitative estimate of drug-likeness (QED) is 0.892. The lowest BCUT2D eigenvalue weighted by atomic mass is 10.2. The van der Waals surface area contributed by atoms with Gasteiger partial charge in [-0.15, -0.1) is 0 Å². The predicted molar refractivity (Wildman–Crippen MR) is 86.6 cm³/mol. The maximum atomic E-state index is 12.1. The predicted octanol–water partition coefficient (Wildman–Crippen LogP) is 4.34. The van der Waals surface area contributed by atoms with E-state index >= 15 is 0 Å². The normalized spacial score (nSPS) is 10.2. The van der Waals surface area contributed by atoms with Crippen LogP contribution in [0.4, 0.5) is 4.79 Å². The third-order valence-electron chi connectivity index (χ3n) is 3.04. The van der Waals surface area contributed by atoms with Crippen LogP contribution in [0.25, 0.3) is 0 Å². The van der Waals surface area contributed by atoms with Crippen molar-refractivity contribution in [3.05, 3.63) is 69.7 Å². The fourth-order valence-electron chi connectivity index (χ4n) is 1.93. The summed E-state index contributed by atoms with van der Waals surface area (Å²) in [5.74, 6) is 0. The van der Waals surface area contributed by atoms with Crippen molar-refractivity contribution >= 4 is 29.2 Å². The lowest BCUT2D eigenvalue weighted by Crippen LogP contribution is -2.36. The molecule has 0 aliphatic rings. The molecule has 2 rings (SSSR count). The van der Waals surface area contributed by atoms with Crippen LogP contribution in [0.15, 0.2) is 48.5 Å². The summed E-state index contributed by atoms with van der Waals surface area (Å²) in [6.07, 6.45) is 0. The molecule has 21 heavy (non-hydrogen) atoms. The monoisotopic (exact) mass is 322 g/mol. The molecule has 0 saturated carbocycles. The number of rotatable bonds is 4. The Kier molecular flexibility index (Phi) is 5.48. The molecule has 0 heterocycles. The van der Waals surface area contributed by atoms with Crippen LogP contribution in [0.1, 0.15) is 11.1 Å². The van der Waals surface area contributed by atoms with E-state index in [9.17, 15) is 4.79 Å². The third-order valence-corrected chi connectivity index (χ3v) is 3.65. The summed E-state index contributed by atoms with van der Waals surface area (Å²) >= 11 is 12.0. The first-order valence-electron chi connectivity index (χ1n) is 6.53. The summed E-state index contributed by atoms with van der Waals surface area (Å²) in [6.45, 7) is 0.896. The van der Waals surface area contributed by atoms with Gasteiger partial charge in [0.2, 0.25) is 0 Å². The number of hydrogen-bond acceptors (Lipinski definition) is 1. The molecule has 0 unspecified atom stereocenters. The Morgan fingerprint density at radius 3 is 2.62 bits per heavy atom. The van der Waals surface area contributed by atoms with Gasteiger partial charge in [0.05, 0.1) is 0 Å². The maximum Gasteiger partial charge on any atom is 0.317 e. The number of amides is 2. The largest absolute Gasteiger partial charge is 0.334 e. The van der Waals surface area contributed by atoms with Gasteiger partial charge in [-0.1, -0.05) is 53.5 Å². The molecule has 0 aromatic heterocycles. The first-order chi connectivity index (χ1) is 10.1. The van der Waals surface area contributed by atoms with E-state index in [2.05, 4.69) is 5.32 Å². The minimum absolute atomic E-state index is 0.158. The Morgan fingerprint density at radius 2 is 1.90 bits per heavy atom. The van der Waals surface area contributed by atoms with Crippen molar-refractivity contribution in [2.45, 2.75) is 13.1 Å². The molecular formula is C16H16Cl2N2O. The zero-order chi connectivity index (χ0) is 15.2. The molecule has 0 fully saturated rings. The second-order valence-corrected chi connectivity index (χ2v) is 5.58. The second-order valence-electron chi connectivity index (χ2n) is 4.74. The van der Waals surface area contributed by atoms with E-state index in [4.69, 9.17) is 23.2 Å². The van der Waals surface area contributed by atoms with E-state index in [-0.39, 0.29) is 6.03 Å². The standard InChI is InChI=1S/C16H16Cl2N2O/c1-20(11-12-5-4-7-14(17)9-12)16(21)19-10-13-6-2-3-8-15(13)18/h2-9H,10-11H2,1H3,(H,19,21). The SMILES string of the molecule is CN(Cc1cccc(Cl)c1)C(=O)NCc1ccccc1Cl. The van der Waals surface area contributed by atoms with Gasteiger partial charge in [0.25, 0.3) is 0 Å². The Morgan fingerprint density at radius 1 is 1.14 bits per heavy atom. The molecule has 1 N–H and O–H groups in total. The van der Waals surface area contributed by atoms with Crippen LogP contribution in [0.5, 0.6) is 0 Å². The first kappa shape index (κ1) is 15.7. The van der Waals surface area contributed by atoms with Crippen LogP contribution in [-0.2, 0) is 13.1 Å². The van der Waals surface area contributed by atoms with Gasteiger partial charge in [-0.25, -0.2) is 4.79 Å². The smallest absolute Gasteiger partial charge is 0.317 e. The van der Waals surface area contributed by atoms with Crippen LogP contribution in [-0.4, -0.2) is 18.0 Å². The van der Waals surface area contributed by atoms with Crippen molar-refractivity contribution in [2.24, 2.45) is 0 Å². The molecule has 110 valence electrons. The molecule has 0 atom stereocenters. The summed E-state index contributed by atoms with van der Waals surface area (Å²) in [6, 6.07) is 14.7. The van der Waals surface area contributed by atoms with Gasteiger partial charge >= 0.3 is 6.03 Å². The Bertz CT molecular complexity index is 631. The number of nitrogens with one attached hydrogen (secondary N) is 1. The minimum Gasteiger partial charge on any atom is -0.334 e. The molecule has 2 aromatic carbocycles. The molecule has 0 saturated heterocycles. The second kappa shape index (κ2) is 7.34. The van der Waals surface area contributed by atoms with Crippen LogP contribution in [0.3, 0.4) is 0 Å². The number of carbonyl (C=O) groups is 1. The van der Waals surface area contributed by atoms with Gasteiger partial charge in [0.1, 0.15) is 0 Å². The summed E-state index contributed by atoms with van der Waals surface area (Å²) < 4.78 is 0. The highest BCUT2D eigenvalue weighted by Crippen LogP contribution is 2.15. The van der Waals surface area contributed by atoms with E-state index in [1.54, 1.807) is 18.0 Å². The number of urea groups is 1. The van der Waals surface area contributed by atoms with Crippen molar-refractivity contribution in [1.82, 2.24) is 10.2 Å². The number of carbonyl (C=O) groups excluding carboxylic acids is 1. The highest BCUT2D eigenvalue weighted by atomic mass is 35.5. The molecule has 0 aliphatic carbocycles. The minimum atomic E-state index is -0.158. The molecule has 0 radical (unpaired) electrons. The average molecular weight is 323 g/mol. The topological polar surface area (TPSA) is 32.3 Å². The van der Waals surface area contributed by atoms with E-state index in [0.717, 1.165) is 11.1 Å². The molecule has 0 spiro atoms. The maximum absolute atomic E-state index is 12.1. The lowest BCUT2D eigenvalue weighted by Gasteiger charge is -2.18. The summed E-state index contributed by atoms with van der Waals surface area (Å²) in [5, 5.41) is 4.16. The molecule has 2 amide bonds. The lowest BCUT2D eigenvalue weighted by molar-refractivity contribution is 0.206. The summed E-state index contributed by atoms with van der Waals surface area (Å²) in [7, 11) is 1.74. The Labute approximate surface area is 134 Å². The zero-order valence-corrected chi connectivity index (χ0v) is 13.2. The zero-order valence-electron chi connectivity index (χ0n) is 11.6. The Hall–Kier alpha value is -1.71. The molecule has 3 nitrogen and oxygen atoms in total. The summed E-state index contributed by atoms with van der Waals surface area (Å²) in [4.78, 5) is 13.7. The van der Waals surface area contributed by atoms with E-state index < -0.39 is 0 Å². The van der Waals surface area contributed by atoms with E-state index in [0.29, 0.717) is 23.1 Å². The number of hydrogen-bond donors (Lipinski definition) is 1. The van der Waals surface area contributed by atoms with E-state index in [1.165, 1.54) is 0 Å². The van der Waals surface area contributed by atoms with Gasteiger partial charge < -0.3 is 10.2 Å². The van der Waals surface area contributed by atoms with Crippen molar-refractivity contribution in [1.29, 1.82) is 0 Å². The first-order valence-corrected chi connectivity index (χ1v) is 7.28. The average Bonchev–Trinajstić information content (AvgIpc) is 2.46. The fraction of sp³-hybridized carbons (Fsp3) is 0.188. The highest BCUT2D eigenvalue weighted by molar-refractivity contribution is 6.31. The Balaban J connectivity index is 1.90. The molecule has 0 bridgehead atoms. The molecule has 5 heteroatoms. The van der Waals surface area contributed by atoms with Gasteiger partial charge in [0.15, 0.2) is 0 Å². The van der Waals surface area contributed by atoms with Gasteiger partial charge in [-0.05, 0) is 29.3 Å². The van der Waals surface area contributed by atoms with Gasteiger partial charge in [-0.3, -0.25) is 0 Å². The van der Waals surface area contributed by atoms with Crippen LogP contribution in [0.2, 0.25) is 10.0 Å². The van der Waals surface area contributed by atoms with Gasteiger partial charge in [0, 0.05) is 30.2 Å². The fourth-order valence-corrected chi connectivity index (χ4v) is 2.34. The number of nitrogens with zero attached hydrogens (tertiary/aromatic N) is 1. The molecule has 0 aliphatic heterocycles. The van der Waals surface area contributed by atoms with Crippen molar-refractivity contribution in [2.75, 3.05) is 7.05 Å². The highest BCUT2D eigenvalue weighted by Gasteiger charge is 2.09. The van der Waals surface area contributed by atoms with Crippen LogP contribution in [0, 0.1) is 0 Å². The van der Waals surface area contributed by atoms with Crippen molar-refractivity contribution < 1.29 is 4.79 Å². The van der Waals surface area contributed by atoms with Crippen molar-refractivity contribution in [3.8, 4) is 0 Å². The van der Waals surface area contributed by atoms with E-state index in [1.807, 2.05) is 42.5 Å². The molecule has 2 aromatic rings. The molecular weight excluding hydrogens is 307 g/mol. The van der Waals surface area contributed by atoms with Gasteiger partial charge in [-0.2, -0.15) is 0 Å². The summed E-state index contributed by atoms with van der Waals surface area (Å²) in [5.41, 5.74) is 1.88. The van der Waals surface area contributed by atoms with Crippen LogP contribution >= 0.6 is 23.2 Å². The van der Waals surface area contributed by atoms with Crippen LogP contribution < -0.4 is 5.32 Å². The number of benzene rings is 2. The number of halogens is 2.